The fourth-order valence-electron chi connectivity index (χ4n) is 7.21. The summed E-state index contributed by atoms with van der Waals surface area (Å²) in [4.78, 5) is 42.9. The molecule has 1 saturated carbocycles. The van der Waals surface area contributed by atoms with Gasteiger partial charge in [0, 0.05) is 75.8 Å². The summed E-state index contributed by atoms with van der Waals surface area (Å²) in [6, 6.07) is 13.8. The first-order chi connectivity index (χ1) is 21.0. The molecule has 3 aromatic rings. The molecule has 1 atom stereocenters. The van der Waals surface area contributed by atoms with Gasteiger partial charge >= 0.3 is 10.2 Å². The van der Waals surface area contributed by atoms with Crippen molar-refractivity contribution in [1.29, 1.82) is 0 Å². The Morgan fingerprint density at radius 2 is 1.59 bits per heavy atom. The highest BCUT2D eigenvalue weighted by molar-refractivity contribution is 7.87. The third-order valence-electron chi connectivity index (χ3n) is 9.61. The molecular weight excluding hydrogens is 578 g/mol. The maximum atomic E-state index is 14.1. The molecule has 0 spiro atoms. The monoisotopic (exact) mass is 619 g/mol. The zero-order valence-corrected chi connectivity index (χ0v) is 26.5. The van der Waals surface area contributed by atoms with Gasteiger partial charge < -0.3 is 14.4 Å². The van der Waals surface area contributed by atoms with Gasteiger partial charge in [-0.05, 0) is 48.4 Å². The van der Waals surface area contributed by atoms with Gasteiger partial charge in [-0.3, -0.25) is 14.4 Å². The fourth-order valence-corrected chi connectivity index (χ4v) is 7.75. The number of rotatable bonds is 5. The average molecular weight is 620 g/mol. The molecule has 3 amide bonds. The highest BCUT2D eigenvalue weighted by Crippen LogP contribution is 2.46. The van der Waals surface area contributed by atoms with E-state index >= 15 is 0 Å². The normalized spacial score (nSPS) is 19.4. The summed E-state index contributed by atoms with van der Waals surface area (Å²) in [7, 11) is -1.22. The van der Waals surface area contributed by atoms with Crippen LogP contribution in [0.3, 0.4) is 0 Å². The Morgan fingerprint density at radius 3 is 2.27 bits per heavy atom. The first-order valence-electron chi connectivity index (χ1n) is 15.6. The van der Waals surface area contributed by atoms with Gasteiger partial charge in [-0.1, -0.05) is 49.6 Å². The van der Waals surface area contributed by atoms with Crippen molar-refractivity contribution in [3.05, 3.63) is 59.2 Å². The van der Waals surface area contributed by atoms with Gasteiger partial charge in [0.05, 0.1) is 11.6 Å². The SMILES string of the molecule is CC(=O)N1CCN(C(=O)C2Cc3ccccc3-c3c(C4CCCCC4)c4ccc(C(=O)NS(=O)(=O)N(C)C)cc4n3C2)CC1. The number of benzene rings is 2. The van der Waals surface area contributed by atoms with E-state index < -0.39 is 16.1 Å². The van der Waals surface area contributed by atoms with Gasteiger partial charge in [-0.2, -0.15) is 12.7 Å². The smallest absolute Gasteiger partial charge is 0.303 e. The lowest BCUT2D eigenvalue weighted by atomic mass is 9.81. The molecule has 0 bridgehead atoms. The summed E-state index contributed by atoms with van der Waals surface area (Å²) < 4.78 is 30.3. The van der Waals surface area contributed by atoms with Crippen LogP contribution in [-0.4, -0.2) is 85.1 Å². The Hall–Kier alpha value is -3.70. The lowest BCUT2D eigenvalue weighted by molar-refractivity contribution is -0.141. The van der Waals surface area contributed by atoms with Crippen molar-refractivity contribution in [3.8, 4) is 11.3 Å². The average Bonchev–Trinajstić information content (AvgIpc) is 3.23. The van der Waals surface area contributed by atoms with Crippen LogP contribution in [0, 0.1) is 5.92 Å². The molecule has 2 fully saturated rings. The molecule has 1 N–H and O–H groups in total. The maximum absolute atomic E-state index is 14.1. The second-order valence-corrected chi connectivity index (χ2v) is 14.4. The Bertz CT molecular complexity index is 1720. The number of hydrogen-bond donors (Lipinski definition) is 1. The highest BCUT2D eigenvalue weighted by atomic mass is 32.2. The third kappa shape index (κ3) is 5.63. The van der Waals surface area contributed by atoms with Gasteiger partial charge in [0.2, 0.25) is 11.8 Å². The molecule has 1 saturated heterocycles. The Balaban J connectivity index is 1.47. The van der Waals surface area contributed by atoms with Gasteiger partial charge in [0.1, 0.15) is 0 Å². The van der Waals surface area contributed by atoms with Crippen molar-refractivity contribution in [1.82, 2.24) is 23.4 Å². The molecule has 1 aromatic heterocycles. The molecule has 6 rings (SSSR count). The molecule has 2 aromatic carbocycles. The second-order valence-electron chi connectivity index (χ2n) is 12.5. The molecule has 3 aliphatic rings. The van der Waals surface area contributed by atoms with Crippen LogP contribution in [0.25, 0.3) is 22.2 Å². The Morgan fingerprint density at radius 1 is 0.909 bits per heavy atom. The van der Waals surface area contributed by atoms with Crippen LogP contribution in [0.4, 0.5) is 0 Å². The minimum atomic E-state index is -3.96. The van der Waals surface area contributed by atoms with Crippen molar-refractivity contribution in [2.45, 2.75) is 57.9 Å². The van der Waals surface area contributed by atoms with Crippen LogP contribution >= 0.6 is 0 Å². The zero-order chi connectivity index (χ0) is 31.2. The van der Waals surface area contributed by atoms with Crippen LogP contribution in [0.15, 0.2) is 42.5 Å². The summed E-state index contributed by atoms with van der Waals surface area (Å²) in [6.45, 7) is 4.08. The number of nitrogens with one attached hydrogen (secondary N) is 1. The number of carbonyl (C=O) groups excluding carboxylic acids is 3. The molecular formula is C33H41N5O5S. The standard InChI is InChI=1S/C33H41N5O5S/c1-22(39)36-15-17-37(18-16-36)33(41)26-19-24-11-7-8-12-27(24)31-30(23-9-5-4-6-10-23)28-14-13-25(20-29(28)38(31)21-26)32(40)34-44(42,43)35(2)3/h7-8,11-14,20,23,26H,4-6,9-10,15-19,21H2,1-3H3,(H,34,40). The molecule has 3 heterocycles. The van der Waals surface area contributed by atoms with Crippen molar-refractivity contribution in [3.63, 3.8) is 0 Å². The number of carbonyl (C=O) groups is 3. The summed E-state index contributed by atoms with van der Waals surface area (Å²) in [5, 5.41) is 1.05. The lowest BCUT2D eigenvalue weighted by Crippen LogP contribution is -2.52. The number of nitrogens with zero attached hydrogens (tertiary/aromatic N) is 4. The number of fused-ring (bicyclic) bond motifs is 5. The minimum Gasteiger partial charge on any atom is -0.339 e. The summed E-state index contributed by atoms with van der Waals surface area (Å²) in [6.07, 6.45) is 6.31. The first-order valence-corrected chi connectivity index (χ1v) is 17.0. The van der Waals surface area contributed by atoms with Crippen LogP contribution in [0.5, 0.6) is 0 Å². The van der Waals surface area contributed by atoms with Crippen molar-refractivity contribution >= 4 is 38.8 Å². The van der Waals surface area contributed by atoms with Crippen LogP contribution < -0.4 is 4.72 Å². The van der Waals surface area contributed by atoms with Crippen LogP contribution in [0.2, 0.25) is 0 Å². The van der Waals surface area contributed by atoms with Crippen LogP contribution in [0.1, 0.15) is 66.4 Å². The van der Waals surface area contributed by atoms with Gasteiger partial charge in [0.15, 0.2) is 0 Å². The van der Waals surface area contributed by atoms with E-state index in [4.69, 9.17) is 0 Å². The molecule has 11 heteroatoms. The molecule has 2 aliphatic heterocycles. The van der Waals surface area contributed by atoms with E-state index in [-0.39, 0.29) is 23.3 Å². The van der Waals surface area contributed by atoms with E-state index in [9.17, 15) is 22.8 Å². The topological polar surface area (TPSA) is 112 Å². The number of amides is 3. The molecule has 10 nitrogen and oxygen atoms in total. The predicted molar refractivity (Wildman–Crippen MR) is 169 cm³/mol. The van der Waals surface area contributed by atoms with E-state index in [2.05, 4.69) is 21.4 Å². The van der Waals surface area contributed by atoms with Crippen molar-refractivity contribution in [2.24, 2.45) is 5.92 Å². The van der Waals surface area contributed by atoms with E-state index in [0.29, 0.717) is 45.1 Å². The van der Waals surface area contributed by atoms with E-state index in [1.807, 2.05) is 23.1 Å². The Labute approximate surface area is 259 Å². The van der Waals surface area contributed by atoms with Gasteiger partial charge in [-0.25, -0.2) is 4.72 Å². The number of piperazine rings is 1. The largest absolute Gasteiger partial charge is 0.339 e. The lowest BCUT2D eigenvalue weighted by Gasteiger charge is -2.36. The van der Waals surface area contributed by atoms with E-state index in [1.54, 1.807) is 24.0 Å². The van der Waals surface area contributed by atoms with Crippen molar-refractivity contribution in [2.75, 3.05) is 40.3 Å². The van der Waals surface area contributed by atoms with E-state index in [0.717, 1.165) is 57.7 Å². The predicted octanol–water partition coefficient (Wildman–Crippen LogP) is 3.76. The quantitative estimate of drug-likeness (QED) is 0.468. The number of aromatic nitrogens is 1. The highest BCUT2D eigenvalue weighted by Gasteiger charge is 2.35. The van der Waals surface area contributed by atoms with Crippen LogP contribution in [-0.2, 0) is 32.8 Å². The molecule has 1 aliphatic carbocycles. The zero-order valence-electron chi connectivity index (χ0n) is 25.7. The second kappa shape index (κ2) is 12.0. The third-order valence-corrected chi connectivity index (χ3v) is 11.0. The first kappa shape index (κ1) is 30.3. The molecule has 234 valence electrons. The Kier molecular flexibility index (Phi) is 8.27. The summed E-state index contributed by atoms with van der Waals surface area (Å²) in [5.74, 6) is -0.570. The van der Waals surface area contributed by atoms with Crippen molar-refractivity contribution < 1.29 is 22.8 Å². The minimum absolute atomic E-state index is 0.0254. The molecule has 1 unspecified atom stereocenters. The number of hydrogen-bond acceptors (Lipinski definition) is 5. The van der Waals surface area contributed by atoms with Gasteiger partial charge in [-0.15, -0.1) is 0 Å². The van der Waals surface area contributed by atoms with Gasteiger partial charge in [0.25, 0.3) is 5.91 Å². The fraction of sp³-hybridized carbons (Fsp3) is 0.485. The molecule has 44 heavy (non-hydrogen) atoms. The molecule has 0 radical (unpaired) electrons. The maximum Gasteiger partial charge on any atom is 0.303 e. The summed E-state index contributed by atoms with van der Waals surface area (Å²) >= 11 is 0. The summed E-state index contributed by atoms with van der Waals surface area (Å²) in [5.41, 5.74) is 5.70. The van der Waals surface area contributed by atoms with E-state index in [1.165, 1.54) is 26.1 Å².